The summed E-state index contributed by atoms with van der Waals surface area (Å²) in [6.45, 7) is 0. The molecule has 5 aromatic carbocycles. The summed E-state index contributed by atoms with van der Waals surface area (Å²) >= 11 is 0. The predicted molar refractivity (Wildman–Crippen MR) is 176 cm³/mol. The molecular weight excluding hydrogens is 580 g/mol. The second kappa shape index (κ2) is 11.9. The molecule has 7 aromatic rings. The average molecular weight is 605 g/mol. The molecule has 2 aromatic heterocycles. The van der Waals surface area contributed by atoms with E-state index in [0.29, 0.717) is 66.9 Å². The van der Waals surface area contributed by atoms with Crippen molar-refractivity contribution in [1.29, 1.82) is 0 Å². The number of carbonyl (C=O) groups excluding carboxylic acids is 2. The van der Waals surface area contributed by atoms with Crippen LogP contribution in [0.2, 0.25) is 0 Å². The Labute approximate surface area is 261 Å². The lowest BCUT2D eigenvalue weighted by Crippen LogP contribution is -2.09. The molecule has 2 heterocycles. The molecule has 222 valence electrons. The highest BCUT2D eigenvalue weighted by molar-refractivity contribution is 5.97. The molecule has 0 atom stereocenters. The fourth-order valence-corrected chi connectivity index (χ4v) is 5.19. The van der Waals surface area contributed by atoms with E-state index in [2.05, 4.69) is 9.97 Å². The number of H-pyrrole nitrogens is 2. The van der Waals surface area contributed by atoms with Gasteiger partial charge in [0.15, 0.2) is 10.9 Å². The van der Waals surface area contributed by atoms with Crippen LogP contribution >= 0.6 is 0 Å². The highest BCUT2D eigenvalue weighted by atomic mass is 16.5. The van der Waals surface area contributed by atoms with Crippen molar-refractivity contribution >= 4 is 33.7 Å². The van der Waals surface area contributed by atoms with E-state index in [1.54, 1.807) is 109 Å². The van der Waals surface area contributed by atoms with Gasteiger partial charge in [0.25, 0.3) is 0 Å². The van der Waals surface area contributed by atoms with Gasteiger partial charge in [-0.25, -0.2) is 9.59 Å². The third-order valence-electron chi connectivity index (χ3n) is 7.55. The molecule has 0 aliphatic heterocycles. The smallest absolute Gasteiger partial charge is 0.343 e. The summed E-state index contributed by atoms with van der Waals surface area (Å²) in [6, 6.07) is 37.3. The first-order valence-electron chi connectivity index (χ1n) is 14.4. The molecule has 0 bridgehead atoms. The molecular formula is C38H24N2O6. The SMILES string of the molecule is O=C(Oc1ccccc1)c1ccc(-c2cc(=O)c3cc4[nH]c(-c5ccc(C(=O)Oc6ccccc6)cc5)cc(=O)c4cc3[nH]2)cc1. The van der Waals surface area contributed by atoms with Crippen LogP contribution in [0.25, 0.3) is 44.3 Å². The maximum Gasteiger partial charge on any atom is 0.343 e. The maximum atomic E-state index is 13.2. The molecule has 0 radical (unpaired) electrons. The molecule has 0 aliphatic rings. The molecule has 0 spiro atoms. The zero-order valence-corrected chi connectivity index (χ0v) is 24.2. The second-order valence-electron chi connectivity index (χ2n) is 10.6. The lowest BCUT2D eigenvalue weighted by molar-refractivity contribution is 0.0725. The summed E-state index contributed by atoms with van der Waals surface area (Å²) < 4.78 is 10.8. The van der Waals surface area contributed by atoms with Crippen molar-refractivity contribution in [3.8, 4) is 34.0 Å². The van der Waals surface area contributed by atoms with Gasteiger partial charge in [0, 0.05) is 34.3 Å². The Morgan fingerprint density at radius 3 is 1.20 bits per heavy atom. The summed E-state index contributed by atoms with van der Waals surface area (Å²) in [6.07, 6.45) is 0. The largest absolute Gasteiger partial charge is 0.423 e. The number of aromatic amines is 2. The summed E-state index contributed by atoms with van der Waals surface area (Å²) in [4.78, 5) is 58.1. The molecule has 0 unspecified atom stereocenters. The van der Waals surface area contributed by atoms with Crippen molar-refractivity contribution in [2.45, 2.75) is 0 Å². The third kappa shape index (κ3) is 5.70. The zero-order chi connectivity index (χ0) is 31.6. The van der Waals surface area contributed by atoms with Gasteiger partial charge in [0.2, 0.25) is 0 Å². The monoisotopic (exact) mass is 604 g/mol. The second-order valence-corrected chi connectivity index (χ2v) is 10.6. The Kier molecular flexibility index (Phi) is 7.28. The minimum atomic E-state index is -0.490. The topological polar surface area (TPSA) is 118 Å². The number of pyridine rings is 2. The summed E-state index contributed by atoms with van der Waals surface area (Å²) in [5.41, 5.74) is 3.74. The van der Waals surface area contributed by atoms with Crippen molar-refractivity contribution in [2.24, 2.45) is 0 Å². The molecule has 2 N–H and O–H groups in total. The highest BCUT2D eigenvalue weighted by Crippen LogP contribution is 2.25. The number of fused-ring (bicyclic) bond motifs is 2. The van der Waals surface area contributed by atoms with Crippen molar-refractivity contribution in [1.82, 2.24) is 9.97 Å². The lowest BCUT2D eigenvalue weighted by atomic mass is 10.0. The fraction of sp³-hybridized carbons (Fsp3) is 0. The van der Waals surface area contributed by atoms with E-state index in [-0.39, 0.29) is 10.9 Å². The number of hydrogen-bond acceptors (Lipinski definition) is 6. The van der Waals surface area contributed by atoms with Gasteiger partial charge in [-0.15, -0.1) is 0 Å². The average Bonchev–Trinajstić information content (AvgIpc) is 3.09. The van der Waals surface area contributed by atoms with E-state index < -0.39 is 11.9 Å². The van der Waals surface area contributed by atoms with Gasteiger partial charge in [0.05, 0.1) is 22.2 Å². The number of ether oxygens (including phenoxy) is 2. The standard InChI is InChI=1S/C38H24N2O6/c41-35-21-31(23-11-15-25(16-12-23)37(43)45-27-7-3-1-4-8-27)39-33-19-30-34(20-29(33)35)40-32(22-36(30)42)24-13-17-26(18-14-24)38(44)46-28-9-5-2-6-10-28/h1-22H,(H,39,41)(H,40,42). The van der Waals surface area contributed by atoms with Crippen molar-refractivity contribution in [2.75, 3.05) is 0 Å². The van der Waals surface area contributed by atoms with E-state index in [4.69, 9.17) is 9.47 Å². The summed E-state index contributed by atoms with van der Waals surface area (Å²) in [5.74, 6) is -0.0831. The fourth-order valence-electron chi connectivity index (χ4n) is 5.19. The Balaban J connectivity index is 1.15. The van der Waals surface area contributed by atoms with Crippen LogP contribution in [0.1, 0.15) is 20.7 Å². The first kappa shape index (κ1) is 28.2. The number of carbonyl (C=O) groups is 2. The van der Waals surface area contributed by atoms with Crippen molar-refractivity contribution in [3.63, 3.8) is 0 Å². The van der Waals surface area contributed by atoms with Gasteiger partial charge >= 0.3 is 11.9 Å². The Hall–Kier alpha value is -6.54. The number of rotatable bonds is 6. The molecule has 0 saturated carbocycles. The maximum absolute atomic E-state index is 13.2. The van der Waals surface area contributed by atoms with Crippen LogP contribution in [0.3, 0.4) is 0 Å². The van der Waals surface area contributed by atoms with Crippen molar-refractivity contribution < 1.29 is 19.1 Å². The van der Waals surface area contributed by atoms with Gasteiger partial charge in [-0.1, -0.05) is 60.7 Å². The van der Waals surface area contributed by atoms with Gasteiger partial charge in [-0.2, -0.15) is 0 Å². The molecule has 0 fully saturated rings. The Morgan fingerprint density at radius 2 is 0.826 bits per heavy atom. The van der Waals surface area contributed by atoms with E-state index in [0.717, 1.165) is 0 Å². The molecule has 7 rings (SSSR count). The van der Waals surface area contributed by atoms with Crippen LogP contribution in [0.15, 0.2) is 143 Å². The van der Waals surface area contributed by atoms with Gasteiger partial charge < -0.3 is 19.4 Å². The van der Waals surface area contributed by atoms with Crippen LogP contribution in [0.4, 0.5) is 0 Å². The van der Waals surface area contributed by atoms with Crippen LogP contribution in [-0.4, -0.2) is 21.9 Å². The predicted octanol–water partition coefficient (Wildman–Crippen LogP) is 7.14. The minimum Gasteiger partial charge on any atom is -0.423 e. The number of esters is 2. The first-order chi connectivity index (χ1) is 22.4. The normalized spacial score (nSPS) is 11.0. The third-order valence-corrected chi connectivity index (χ3v) is 7.55. The number of hydrogen-bond donors (Lipinski definition) is 2. The van der Waals surface area contributed by atoms with Crippen LogP contribution < -0.4 is 20.3 Å². The molecule has 0 aliphatic carbocycles. The molecule has 8 heteroatoms. The van der Waals surface area contributed by atoms with E-state index >= 15 is 0 Å². The zero-order valence-electron chi connectivity index (χ0n) is 24.2. The van der Waals surface area contributed by atoms with Gasteiger partial charge in [-0.05, 0) is 71.8 Å². The van der Waals surface area contributed by atoms with Crippen LogP contribution in [0.5, 0.6) is 11.5 Å². The van der Waals surface area contributed by atoms with Crippen LogP contribution in [0, 0.1) is 0 Å². The lowest BCUT2D eigenvalue weighted by Gasteiger charge is -2.09. The molecule has 46 heavy (non-hydrogen) atoms. The number of para-hydroxylation sites is 2. The Bertz CT molecular complexity index is 2190. The van der Waals surface area contributed by atoms with Gasteiger partial charge in [-0.3, -0.25) is 9.59 Å². The minimum absolute atomic E-state index is 0.231. The van der Waals surface area contributed by atoms with E-state index in [1.807, 2.05) is 12.1 Å². The van der Waals surface area contributed by atoms with Crippen LogP contribution in [-0.2, 0) is 0 Å². The Morgan fingerprint density at radius 1 is 0.457 bits per heavy atom. The van der Waals surface area contributed by atoms with Crippen molar-refractivity contribution in [3.05, 3.63) is 165 Å². The summed E-state index contributed by atoms with van der Waals surface area (Å²) in [5, 5.41) is 0.817. The number of aromatic nitrogens is 2. The first-order valence-corrected chi connectivity index (χ1v) is 14.4. The molecule has 0 saturated heterocycles. The number of benzene rings is 5. The quantitative estimate of drug-likeness (QED) is 0.118. The van der Waals surface area contributed by atoms with E-state index in [1.165, 1.54) is 12.1 Å². The summed E-state index contributed by atoms with van der Waals surface area (Å²) in [7, 11) is 0. The number of nitrogens with one attached hydrogen (secondary N) is 2. The molecule has 0 amide bonds. The molecule has 8 nitrogen and oxygen atoms in total. The highest BCUT2D eigenvalue weighted by Gasteiger charge is 2.13. The van der Waals surface area contributed by atoms with E-state index in [9.17, 15) is 19.2 Å². The van der Waals surface area contributed by atoms with Gasteiger partial charge in [0.1, 0.15) is 11.5 Å².